The molecule has 0 saturated carbocycles. The summed E-state index contributed by atoms with van der Waals surface area (Å²) < 4.78 is 0. The van der Waals surface area contributed by atoms with E-state index in [1.807, 2.05) is 0 Å². The molecule has 1 N–H and O–H groups in total. The first-order chi connectivity index (χ1) is 9.95. The zero-order valence-corrected chi connectivity index (χ0v) is 13.8. The standard InChI is InChI=1S/C15H11Cl3O2S/c16-10-2-4-11(5-3-10)21-14(15(19)20)8-9-1-6-12(17)13(18)7-9/h1-7,14H,8H2,(H,19,20)/t14-/m0/s1. The van der Waals surface area contributed by atoms with Crippen molar-refractivity contribution in [1.29, 1.82) is 0 Å². The summed E-state index contributed by atoms with van der Waals surface area (Å²) >= 11 is 18.9. The van der Waals surface area contributed by atoms with Gasteiger partial charge in [0, 0.05) is 9.92 Å². The summed E-state index contributed by atoms with van der Waals surface area (Å²) in [5, 5.41) is 10.3. The Morgan fingerprint density at radius 2 is 1.71 bits per heavy atom. The van der Waals surface area contributed by atoms with Crippen LogP contribution in [0, 0.1) is 0 Å². The van der Waals surface area contributed by atoms with E-state index in [1.54, 1.807) is 42.5 Å². The van der Waals surface area contributed by atoms with Crippen LogP contribution in [0.2, 0.25) is 15.1 Å². The summed E-state index contributed by atoms with van der Waals surface area (Å²) in [6, 6.07) is 12.2. The van der Waals surface area contributed by atoms with Crippen molar-refractivity contribution in [1.82, 2.24) is 0 Å². The third-order valence-corrected chi connectivity index (χ3v) is 4.96. The number of hydrogen-bond acceptors (Lipinski definition) is 2. The second-order valence-corrected chi connectivity index (χ2v) is 6.88. The van der Waals surface area contributed by atoms with Gasteiger partial charge in [-0.15, -0.1) is 11.8 Å². The van der Waals surface area contributed by atoms with Crippen molar-refractivity contribution in [2.45, 2.75) is 16.6 Å². The Balaban J connectivity index is 2.13. The molecule has 0 aliphatic rings. The van der Waals surface area contributed by atoms with E-state index in [0.29, 0.717) is 21.5 Å². The fraction of sp³-hybridized carbons (Fsp3) is 0.133. The SMILES string of the molecule is O=C(O)[C@H](Cc1ccc(Cl)c(Cl)c1)Sc1ccc(Cl)cc1. The van der Waals surface area contributed by atoms with E-state index >= 15 is 0 Å². The summed E-state index contributed by atoms with van der Waals surface area (Å²) in [6.07, 6.45) is 0.361. The molecule has 0 aromatic heterocycles. The number of carbonyl (C=O) groups is 1. The maximum atomic E-state index is 11.4. The summed E-state index contributed by atoms with van der Waals surface area (Å²) in [5.41, 5.74) is 0.832. The molecular weight excluding hydrogens is 351 g/mol. The van der Waals surface area contributed by atoms with Crippen LogP contribution >= 0.6 is 46.6 Å². The fourth-order valence-electron chi connectivity index (χ4n) is 1.74. The van der Waals surface area contributed by atoms with Crippen LogP contribution in [-0.2, 0) is 11.2 Å². The van der Waals surface area contributed by atoms with Gasteiger partial charge in [0.05, 0.1) is 10.0 Å². The minimum absolute atomic E-state index is 0.361. The molecule has 110 valence electrons. The second kappa shape index (κ2) is 7.41. The van der Waals surface area contributed by atoms with Crippen molar-refractivity contribution in [3.63, 3.8) is 0 Å². The molecular formula is C15H11Cl3O2S. The molecule has 0 radical (unpaired) electrons. The van der Waals surface area contributed by atoms with E-state index in [2.05, 4.69) is 0 Å². The van der Waals surface area contributed by atoms with Crippen molar-refractivity contribution >= 4 is 52.5 Å². The predicted molar refractivity (Wildman–Crippen MR) is 88.9 cm³/mol. The lowest BCUT2D eigenvalue weighted by atomic mass is 10.1. The van der Waals surface area contributed by atoms with Gasteiger partial charge in [-0.2, -0.15) is 0 Å². The lowest BCUT2D eigenvalue weighted by Gasteiger charge is -2.12. The van der Waals surface area contributed by atoms with E-state index in [4.69, 9.17) is 34.8 Å². The van der Waals surface area contributed by atoms with Crippen LogP contribution in [-0.4, -0.2) is 16.3 Å². The first-order valence-electron chi connectivity index (χ1n) is 6.04. The normalized spacial score (nSPS) is 12.1. The number of rotatable bonds is 5. The first kappa shape index (κ1) is 16.5. The van der Waals surface area contributed by atoms with Gasteiger partial charge in [-0.25, -0.2) is 0 Å². The molecule has 2 nitrogen and oxygen atoms in total. The summed E-state index contributed by atoms with van der Waals surface area (Å²) in [4.78, 5) is 12.3. The molecule has 0 saturated heterocycles. The molecule has 1 atom stereocenters. The van der Waals surface area contributed by atoms with Crippen LogP contribution in [0.25, 0.3) is 0 Å². The highest BCUT2D eigenvalue weighted by molar-refractivity contribution is 8.00. The molecule has 6 heteroatoms. The zero-order valence-electron chi connectivity index (χ0n) is 10.7. The number of hydrogen-bond donors (Lipinski definition) is 1. The monoisotopic (exact) mass is 360 g/mol. The molecule has 0 spiro atoms. The van der Waals surface area contributed by atoms with Crippen molar-refractivity contribution in [3.05, 3.63) is 63.1 Å². The van der Waals surface area contributed by atoms with Crippen molar-refractivity contribution < 1.29 is 9.90 Å². The van der Waals surface area contributed by atoms with Crippen LogP contribution in [0.15, 0.2) is 47.4 Å². The molecule has 21 heavy (non-hydrogen) atoms. The lowest BCUT2D eigenvalue weighted by Crippen LogP contribution is -2.19. The van der Waals surface area contributed by atoms with Gasteiger partial charge in [0.25, 0.3) is 0 Å². The van der Waals surface area contributed by atoms with Gasteiger partial charge in [-0.1, -0.05) is 40.9 Å². The molecule has 0 bridgehead atoms. The average molecular weight is 362 g/mol. The number of carboxylic acids is 1. The highest BCUT2D eigenvalue weighted by Crippen LogP contribution is 2.29. The van der Waals surface area contributed by atoms with Crippen molar-refractivity contribution in [2.75, 3.05) is 0 Å². The Kier molecular flexibility index (Phi) is 5.82. The van der Waals surface area contributed by atoms with E-state index in [1.165, 1.54) is 11.8 Å². The Morgan fingerprint density at radius 3 is 2.29 bits per heavy atom. The van der Waals surface area contributed by atoms with E-state index < -0.39 is 11.2 Å². The van der Waals surface area contributed by atoms with Gasteiger partial charge in [0.2, 0.25) is 0 Å². The molecule has 0 amide bonds. The van der Waals surface area contributed by atoms with Crippen LogP contribution in [0.3, 0.4) is 0 Å². The van der Waals surface area contributed by atoms with Gasteiger partial charge in [-0.3, -0.25) is 4.79 Å². The van der Waals surface area contributed by atoms with Crippen molar-refractivity contribution in [2.24, 2.45) is 0 Å². The van der Waals surface area contributed by atoms with Gasteiger partial charge in [0.1, 0.15) is 5.25 Å². The zero-order chi connectivity index (χ0) is 15.4. The fourth-order valence-corrected chi connectivity index (χ4v) is 3.18. The number of halogens is 3. The van der Waals surface area contributed by atoms with E-state index in [9.17, 15) is 9.90 Å². The maximum Gasteiger partial charge on any atom is 0.317 e. The third kappa shape index (κ3) is 4.82. The second-order valence-electron chi connectivity index (χ2n) is 4.35. The Hall–Kier alpha value is -0.870. The maximum absolute atomic E-state index is 11.4. The molecule has 0 fully saturated rings. The van der Waals surface area contributed by atoms with Crippen LogP contribution < -0.4 is 0 Å². The van der Waals surface area contributed by atoms with Gasteiger partial charge < -0.3 is 5.11 Å². The van der Waals surface area contributed by atoms with Gasteiger partial charge in [-0.05, 0) is 48.4 Å². The Labute approximate surface area is 142 Å². The molecule has 0 aliphatic heterocycles. The molecule has 2 rings (SSSR count). The molecule has 0 heterocycles. The third-order valence-electron chi connectivity index (χ3n) is 2.77. The van der Waals surface area contributed by atoms with E-state index in [-0.39, 0.29) is 0 Å². The quantitative estimate of drug-likeness (QED) is 0.721. The molecule has 2 aromatic rings. The van der Waals surface area contributed by atoms with Gasteiger partial charge >= 0.3 is 5.97 Å². The van der Waals surface area contributed by atoms with Crippen LogP contribution in [0.4, 0.5) is 0 Å². The number of thioether (sulfide) groups is 1. The summed E-state index contributed by atoms with van der Waals surface area (Å²) in [6.45, 7) is 0. The van der Waals surface area contributed by atoms with Gasteiger partial charge in [0.15, 0.2) is 0 Å². The smallest absolute Gasteiger partial charge is 0.317 e. The summed E-state index contributed by atoms with van der Waals surface area (Å²) in [5.74, 6) is -0.874. The summed E-state index contributed by atoms with van der Waals surface area (Å²) in [7, 11) is 0. The highest BCUT2D eigenvalue weighted by Gasteiger charge is 2.20. The topological polar surface area (TPSA) is 37.3 Å². The largest absolute Gasteiger partial charge is 0.480 e. The number of aliphatic carboxylic acids is 1. The molecule has 0 unspecified atom stereocenters. The van der Waals surface area contributed by atoms with Crippen LogP contribution in [0.5, 0.6) is 0 Å². The first-order valence-corrected chi connectivity index (χ1v) is 8.06. The Bertz CT molecular complexity index is 644. The minimum atomic E-state index is -0.874. The lowest BCUT2D eigenvalue weighted by molar-refractivity contribution is -0.136. The number of carboxylic acid groups (broad SMARTS) is 1. The Morgan fingerprint density at radius 1 is 1.05 bits per heavy atom. The van der Waals surface area contributed by atoms with E-state index in [0.717, 1.165) is 10.5 Å². The predicted octanol–water partition coefficient (Wildman–Crippen LogP) is 5.43. The average Bonchev–Trinajstić information content (AvgIpc) is 2.44. The number of benzene rings is 2. The molecule has 0 aliphatic carbocycles. The molecule has 2 aromatic carbocycles. The van der Waals surface area contributed by atoms with Crippen molar-refractivity contribution in [3.8, 4) is 0 Å². The minimum Gasteiger partial charge on any atom is -0.480 e. The van der Waals surface area contributed by atoms with Crippen LogP contribution in [0.1, 0.15) is 5.56 Å². The highest BCUT2D eigenvalue weighted by atomic mass is 35.5.